The van der Waals surface area contributed by atoms with Crippen molar-refractivity contribution in [3.8, 4) is 11.5 Å². The van der Waals surface area contributed by atoms with Crippen molar-refractivity contribution in [2.24, 2.45) is 0 Å². The smallest absolute Gasteiger partial charge is 0.336 e. The highest BCUT2D eigenvalue weighted by atomic mass is 16.6. The van der Waals surface area contributed by atoms with Crippen LogP contribution in [-0.4, -0.2) is 46.6 Å². The zero-order valence-corrected chi connectivity index (χ0v) is 26.6. The van der Waals surface area contributed by atoms with E-state index in [1.807, 2.05) is 47.6 Å². The van der Waals surface area contributed by atoms with Crippen LogP contribution in [0.5, 0.6) is 11.5 Å². The summed E-state index contributed by atoms with van der Waals surface area (Å²) in [6.45, 7) is 11.4. The zero-order chi connectivity index (χ0) is 33.6. The Kier molecular flexibility index (Phi) is 13.8. The van der Waals surface area contributed by atoms with E-state index in [2.05, 4.69) is 0 Å². The minimum atomic E-state index is -0.464. The van der Waals surface area contributed by atoms with E-state index in [0.29, 0.717) is 49.2 Å². The number of carbonyl (C=O) groups is 2. The van der Waals surface area contributed by atoms with Crippen molar-refractivity contribution in [1.82, 2.24) is 0 Å². The monoisotopic (exact) mass is 626 g/mol. The predicted molar refractivity (Wildman–Crippen MR) is 169 cm³/mol. The van der Waals surface area contributed by atoms with E-state index in [1.165, 1.54) is 18.2 Å². The molecule has 0 saturated carbocycles. The Morgan fingerprint density at radius 3 is 1.67 bits per heavy atom. The molecular weight excluding hydrogens is 584 g/mol. The first-order valence-corrected chi connectivity index (χ1v) is 14.5. The SMILES string of the molecule is CC(C)(C)OC(=O)CCCO.CC(C)(C)OC(=O)CCCOc1ccc2ccc(=O)oc2c1.O=c1ccc2ccc(O)cc2o1. The van der Waals surface area contributed by atoms with Crippen molar-refractivity contribution < 1.29 is 42.8 Å². The Morgan fingerprint density at radius 2 is 1.16 bits per heavy atom. The Balaban J connectivity index is 0.000000259. The van der Waals surface area contributed by atoms with Crippen LogP contribution in [0.3, 0.4) is 0 Å². The number of hydrogen-bond acceptors (Lipinski definition) is 11. The number of fused-ring (bicyclic) bond motifs is 2. The number of carbonyl (C=O) groups excluding carboxylic acids is 2. The van der Waals surface area contributed by atoms with Crippen LogP contribution >= 0.6 is 0 Å². The van der Waals surface area contributed by atoms with Gasteiger partial charge in [-0.25, -0.2) is 9.59 Å². The van der Waals surface area contributed by atoms with Gasteiger partial charge in [0.05, 0.1) is 6.61 Å². The average Bonchev–Trinajstić information content (AvgIpc) is 2.92. The second-order valence-corrected chi connectivity index (χ2v) is 11.9. The third-order valence-corrected chi connectivity index (χ3v) is 5.37. The van der Waals surface area contributed by atoms with E-state index < -0.39 is 22.5 Å². The number of aliphatic hydroxyl groups excluding tert-OH is 1. The zero-order valence-electron chi connectivity index (χ0n) is 26.6. The summed E-state index contributed by atoms with van der Waals surface area (Å²) in [5.41, 5.74) is -0.789. The largest absolute Gasteiger partial charge is 0.508 e. The third-order valence-electron chi connectivity index (χ3n) is 5.37. The minimum absolute atomic E-state index is 0.0409. The number of hydrogen-bond donors (Lipinski definition) is 2. The molecule has 4 aromatic rings. The van der Waals surface area contributed by atoms with E-state index in [9.17, 15) is 19.2 Å². The average molecular weight is 627 g/mol. The summed E-state index contributed by atoms with van der Waals surface area (Å²) in [6, 6.07) is 16.0. The van der Waals surface area contributed by atoms with E-state index in [0.717, 1.165) is 10.8 Å². The number of phenols is 1. The summed E-state index contributed by atoms with van der Waals surface area (Å²) >= 11 is 0. The molecule has 0 aliphatic rings. The molecule has 0 amide bonds. The number of phenolic OH excluding ortho intramolecular Hbond substituents is 1. The first-order chi connectivity index (χ1) is 21.0. The molecule has 2 aromatic carbocycles. The van der Waals surface area contributed by atoms with Crippen LogP contribution in [0.1, 0.15) is 67.2 Å². The molecule has 0 fully saturated rings. The Hall–Kier alpha value is -4.64. The van der Waals surface area contributed by atoms with Gasteiger partial charge in [0.2, 0.25) is 0 Å². The van der Waals surface area contributed by atoms with E-state index in [1.54, 1.807) is 36.4 Å². The van der Waals surface area contributed by atoms with Gasteiger partial charge in [-0.2, -0.15) is 0 Å². The van der Waals surface area contributed by atoms with Gasteiger partial charge in [0.25, 0.3) is 0 Å². The van der Waals surface area contributed by atoms with Crippen LogP contribution in [0.25, 0.3) is 21.9 Å². The quantitative estimate of drug-likeness (QED) is 0.136. The first kappa shape index (κ1) is 36.6. The molecule has 2 heterocycles. The van der Waals surface area contributed by atoms with Crippen LogP contribution in [0.15, 0.2) is 79.1 Å². The maximum Gasteiger partial charge on any atom is 0.336 e. The molecular formula is C34H42O11. The molecule has 0 unspecified atom stereocenters. The number of aromatic hydroxyl groups is 1. The summed E-state index contributed by atoms with van der Waals surface area (Å²) in [5, 5.41) is 19.1. The number of rotatable bonds is 8. The Labute approximate surface area is 261 Å². The lowest BCUT2D eigenvalue weighted by atomic mass is 10.2. The van der Waals surface area contributed by atoms with E-state index >= 15 is 0 Å². The van der Waals surface area contributed by atoms with Gasteiger partial charge in [0.15, 0.2) is 0 Å². The Bertz CT molecular complexity index is 1650. The lowest BCUT2D eigenvalue weighted by Crippen LogP contribution is -2.23. The molecule has 0 aliphatic carbocycles. The van der Waals surface area contributed by atoms with E-state index in [4.69, 9.17) is 33.3 Å². The van der Waals surface area contributed by atoms with Crippen molar-refractivity contribution in [2.75, 3.05) is 13.2 Å². The fourth-order valence-corrected chi connectivity index (χ4v) is 3.60. The molecule has 0 atom stereocenters. The van der Waals surface area contributed by atoms with Gasteiger partial charge in [0, 0.05) is 54.5 Å². The summed E-state index contributed by atoms with van der Waals surface area (Å²) in [7, 11) is 0. The topological polar surface area (TPSA) is 163 Å². The predicted octanol–water partition coefficient (Wildman–Crippen LogP) is 5.89. The number of ether oxygens (including phenoxy) is 3. The van der Waals surface area contributed by atoms with Gasteiger partial charge in [-0.3, -0.25) is 9.59 Å². The third kappa shape index (κ3) is 15.1. The molecule has 2 aromatic heterocycles. The Morgan fingerprint density at radius 1 is 0.689 bits per heavy atom. The van der Waals surface area contributed by atoms with Crippen molar-refractivity contribution in [3.05, 3.63) is 81.5 Å². The number of benzene rings is 2. The molecule has 4 rings (SSSR count). The van der Waals surface area contributed by atoms with Crippen molar-refractivity contribution in [1.29, 1.82) is 0 Å². The lowest BCUT2D eigenvalue weighted by Gasteiger charge is -2.19. The summed E-state index contributed by atoms with van der Waals surface area (Å²) in [6.07, 6.45) is 1.65. The molecule has 11 heteroatoms. The van der Waals surface area contributed by atoms with Crippen molar-refractivity contribution >= 4 is 33.9 Å². The highest BCUT2D eigenvalue weighted by molar-refractivity contribution is 5.78. The van der Waals surface area contributed by atoms with Gasteiger partial charge in [-0.15, -0.1) is 0 Å². The fraction of sp³-hybridized carbons (Fsp3) is 0.412. The lowest BCUT2D eigenvalue weighted by molar-refractivity contribution is -0.156. The molecule has 2 N–H and O–H groups in total. The summed E-state index contributed by atoms with van der Waals surface area (Å²) in [5.74, 6) is 0.218. The second-order valence-electron chi connectivity index (χ2n) is 11.9. The van der Waals surface area contributed by atoms with Gasteiger partial charge >= 0.3 is 23.2 Å². The highest BCUT2D eigenvalue weighted by Gasteiger charge is 2.16. The molecule has 0 bridgehead atoms. The molecule has 244 valence electrons. The molecule has 0 aliphatic heterocycles. The maximum absolute atomic E-state index is 11.6. The van der Waals surface area contributed by atoms with Crippen LogP contribution in [0, 0.1) is 0 Å². The highest BCUT2D eigenvalue weighted by Crippen LogP contribution is 2.20. The first-order valence-electron chi connectivity index (χ1n) is 14.5. The normalized spacial score (nSPS) is 11.1. The van der Waals surface area contributed by atoms with Crippen LogP contribution in [0.4, 0.5) is 0 Å². The number of aliphatic hydroxyl groups is 1. The van der Waals surface area contributed by atoms with Gasteiger partial charge < -0.3 is 33.3 Å². The maximum atomic E-state index is 11.6. The van der Waals surface area contributed by atoms with Gasteiger partial charge in [-0.1, -0.05) is 0 Å². The van der Waals surface area contributed by atoms with E-state index in [-0.39, 0.29) is 24.3 Å². The molecule has 45 heavy (non-hydrogen) atoms. The summed E-state index contributed by atoms with van der Waals surface area (Å²) in [4.78, 5) is 44.4. The second kappa shape index (κ2) is 17.0. The number of esters is 2. The molecule has 0 radical (unpaired) electrons. The molecule has 11 nitrogen and oxygen atoms in total. The molecule has 0 saturated heterocycles. The van der Waals surface area contributed by atoms with Gasteiger partial charge in [-0.05, 0) is 90.8 Å². The van der Waals surface area contributed by atoms with Gasteiger partial charge in [0.1, 0.15) is 33.9 Å². The van der Waals surface area contributed by atoms with Crippen LogP contribution in [0.2, 0.25) is 0 Å². The van der Waals surface area contributed by atoms with Crippen molar-refractivity contribution in [2.45, 2.75) is 78.4 Å². The fourth-order valence-electron chi connectivity index (χ4n) is 3.60. The summed E-state index contributed by atoms with van der Waals surface area (Å²) < 4.78 is 25.7. The standard InChI is InChI=1S/C17H20O5.C9H6O3.C8H16O3/c1-17(2,3)22-16(19)5-4-10-20-13-8-6-12-7-9-15(18)21-14(12)11-13;10-7-3-1-6-2-4-9(11)12-8(6)5-7;1-8(2,3)11-7(10)5-4-6-9/h6-9,11H,4-5,10H2,1-3H3;1-5,10H;9H,4-6H2,1-3H3. The van der Waals surface area contributed by atoms with Crippen LogP contribution < -0.4 is 16.0 Å². The van der Waals surface area contributed by atoms with Crippen LogP contribution in [-0.2, 0) is 19.1 Å². The minimum Gasteiger partial charge on any atom is -0.508 e. The molecule has 0 spiro atoms. The van der Waals surface area contributed by atoms with Crippen molar-refractivity contribution in [3.63, 3.8) is 0 Å².